The molecule has 1 fully saturated rings. The lowest BCUT2D eigenvalue weighted by Gasteiger charge is -2.28. The van der Waals surface area contributed by atoms with E-state index in [0.717, 1.165) is 6.07 Å². The van der Waals surface area contributed by atoms with E-state index < -0.39 is 20.5 Å². The number of nitro groups is 1. The summed E-state index contributed by atoms with van der Waals surface area (Å²) in [4.78, 5) is 9.89. The van der Waals surface area contributed by atoms with Gasteiger partial charge in [0.2, 0.25) is 10.0 Å². The van der Waals surface area contributed by atoms with Crippen molar-refractivity contribution in [2.75, 3.05) is 5.32 Å². The van der Waals surface area contributed by atoms with Crippen molar-refractivity contribution < 1.29 is 18.1 Å². The monoisotopic (exact) mass is 343 g/mol. The lowest BCUT2D eigenvalue weighted by molar-refractivity contribution is -0.385. The molecule has 3 N–H and O–H groups in total. The lowest BCUT2D eigenvalue weighted by atomic mass is 9.94. The predicted octanol–water partition coefficient (Wildman–Crippen LogP) is 2.00. The van der Waals surface area contributed by atoms with Gasteiger partial charge in [0.1, 0.15) is 4.90 Å². The van der Waals surface area contributed by atoms with Gasteiger partial charge >= 0.3 is 0 Å². The first-order valence-electron chi connectivity index (χ1n) is 7.10. The maximum atomic E-state index is 11.8. The largest absolute Gasteiger partial charge is 0.378 e. The van der Waals surface area contributed by atoms with Crippen molar-refractivity contribution in [2.45, 2.75) is 56.3 Å². The standard InChI is InChI=1S/C14H21N3O5S/c1-13(2)8-12(14(3,4)22-13)16-10-6-5-9(17(18)19)7-11(10)23(15,20)21/h5-7,12,16H,8H2,1-4H3,(H2,15,20,21). The maximum absolute atomic E-state index is 11.8. The van der Waals surface area contributed by atoms with Crippen LogP contribution in [0.5, 0.6) is 0 Å². The molecule has 1 aromatic rings. The van der Waals surface area contributed by atoms with E-state index in [0.29, 0.717) is 6.42 Å². The van der Waals surface area contributed by atoms with Crippen LogP contribution < -0.4 is 10.5 Å². The lowest BCUT2D eigenvalue weighted by Crippen LogP contribution is -2.38. The smallest absolute Gasteiger partial charge is 0.270 e. The van der Waals surface area contributed by atoms with Gasteiger partial charge in [0.05, 0.1) is 27.9 Å². The molecule has 0 bridgehead atoms. The molecule has 1 atom stereocenters. The van der Waals surface area contributed by atoms with Gasteiger partial charge in [0.25, 0.3) is 5.69 Å². The Morgan fingerprint density at radius 2 is 1.96 bits per heavy atom. The number of nitro benzene ring substituents is 1. The second-order valence-corrected chi connectivity index (χ2v) is 8.38. The molecule has 0 saturated carbocycles. The summed E-state index contributed by atoms with van der Waals surface area (Å²) in [7, 11) is -4.10. The first-order chi connectivity index (χ1) is 10.3. The average Bonchev–Trinajstić information content (AvgIpc) is 2.55. The fourth-order valence-electron chi connectivity index (χ4n) is 2.95. The van der Waals surface area contributed by atoms with E-state index >= 15 is 0 Å². The average molecular weight is 343 g/mol. The highest BCUT2D eigenvalue weighted by molar-refractivity contribution is 7.89. The molecule has 1 heterocycles. The fraction of sp³-hybridized carbons (Fsp3) is 0.571. The number of hydrogen-bond acceptors (Lipinski definition) is 6. The molecule has 128 valence electrons. The van der Waals surface area contributed by atoms with Crippen LogP contribution in [0, 0.1) is 10.1 Å². The number of primary sulfonamides is 1. The molecule has 0 spiro atoms. The molecule has 1 aromatic carbocycles. The van der Waals surface area contributed by atoms with Crippen molar-refractivity contribution in [1.82, 2.24) is 0 Å². The SMILES string of the molecule is CC1(C)CC(Nc2ccc([N+](=O)[O-])cc2S(N)(=O)=O)C(C)(C)O1. The molecule has 1 saturated heterocycles. The van der Waals surface area contributed by atoms with Crippen LogP contribution in [0.25, 0.3) is 0 Å². The number of ether oxygens (including phenoxy) is 1. The summed E-state index contributed by atoms with van der Waals surface area (Å²) in [6.45, 7) is 7.71. The summed E-state index contributed by atoms with van der Waals surface area (Å²) in [5, 5.41) is 19.2. The Kier molecular flexibility index (Phi) is 4.16. The minimum Gasteiger partial charge on any atom is -0.378 e. The van der Waals surface area contributed by atoms with Crippen molar-refractivity contribution in [3.8, 4) is 0 Å². The van der Waals surface area contributed by atoms with Crippen molar-refractivity contribution >= 4 is 21.4 Å². The van der Waals surface area contributed by atoms with Crippen LogP contribution in [0.15, 0.2) is 23.1 Å². The van der Waals surface area contributed by atoms with Crippen LogP contribution in [0.4, 0.5) is 11.4 Å². The van der Waals surface area contributed by atoms with E-state index in [1.807, 2.05) is 27.7 Å². The Hall–Kier alpha value is -1.71. The Bertz CT molecular complexity index is 743. The predicted molar refractivity (Wildman–Crippen MR) is 85.7 cm³/mol. The summed E-state index contributed by atoms with van der Waals surface area (Å²) < 4.78 is 29.5. The molecule has 1 unspecified atom stereocenters. The Labute approximate surface area is 135 Å². The van der Waals surface area contributed by atoms with Crippen molar-refractivity contribution in [2.24, 2.45) is 5.14 Å². The number of nitrogens with one attached hydrogen (secondary N) is 1. The molecule has 9 heteroatoms. The first-order valence-corrected chi connectivity index (χ1v) is 8.64. The van der Waals surface area contributed by atoms with Gasteiger partial charge in [-0.25, -0.2) is 13.6 Å². The minimum absolute atomic E-state index is 0.167. The van der Waals surface area contributed by atoms with Gasteiger partial charge in [-0.3, -0.25) is 10.1 Å². The van der Waals surface area contributed by atoms with Gasteiger partial charge in [0.15, 0.2) is 0 Å². The summed E-state index contributed by atoms with van der Waals surface area (Å²) >= 11 is 0. The van der Waals surface area contributed by atoms with E-state index in [2.05, 4.69) is 5.32 Å². The molecular weight excluding hydrogens is 322 g/mol. The summed E-state index contributed by atoms with van der Waals surface area (Å²) in [5.41, 5.74) is -0.982. The van der Waals surface area contributed by atoms with Crippen molar-refractivity contribution in [1.29, 1.82) is 0 Å². The quantitative estimate of drug-likeness (QED) is 0.636. The molecule has 0 aromatic heterocycles. The number of non-ortho nitro benzene ring substituents is 1. The third kappa shape index (κ3) is 3.80. The number of nitrogens with zero attached hydrogens (tertiary/aromatic N) is 1. The zero-order valence-electron chi connectivity index (χ0n) is 13.5. The summed E-state index contributed by atoms with van der Waals surface area (Å²) in [6, 6.07) is 3.40. The second kappa shape index (κ2) is 5.43. The number of sulfonamides is 1. The van der Waals surface area contributed by atoms with Crippen LogP contribution in [0.1, 0.15) is 34.1 Å². The molecule has 0 radical (unpaired) electrons. The number of nitrogens with two attached hydrogens (primary N) is 1. The fourth-order valence-corrected chi connectivity index (χ4v) is 3.67. The van der Waals surface area contributed by atoms with Crippen LogP contribution in [-0.4, -0.2) is 30.6 Å². The second-order valence-electron chi connectivity index (χ2n) is 6.85. The molecule has 2 rings (SSSR count). The third-order valence-corrected chi connectivity index (χ3v) is 4.84. The summed E-state index contributed by atoms with van der Waals surface area (Å²) in [5.74, 6) is 0. The van der Waals surface area contributed by atoms with Gasteiger partial charge < -0.3 is 10.1 Å². The Morgan fingerprint density at radius 1 is 1.35 bits per heavy atom. The Morgan fingerprint density at radius 3 is 2.39 bits per heavy atom. The molecule has 0 aliphatic carbocycles. The highest BCUT2D eigenvalue weighted by Gasteiger charge is 2.46. The number of rotatable bonds is 4. The molecule has 1 aliphatic heterocycles. The highest BCUT2D eigenvalue weighted by Crippen LogP contribution is 2.39. The van der Waals surface area contributed by atoms with Gasteiger partial charge in [0, 0.05) is 12.1 Å². The molecule has 23 heavy (non-hydrogen) atoms. The molecule has 8 nitrogen and oxygen atoms in total. The molecule has 0 amide bonds. The molecule has 1 aliphatic rings. The normalized spacial score (nSPS) is 22.7. The number of anilines is 1. The van der Waals surface area contributed by atoms with E-state index in [-0.39, 0.29) is 27.9 Å². The highest BCUT2D eigenvalue weighted by atomic mass is 32.2. The zero-order valence-corrected chi connectivity index (χ0v) is 14.3. The first kappa shape index (κ1) is 17.6. The number of benzene rings is 1. The van der Waals surface area contributed by atoms with Gasteiger partial charge in [-0.15, -0.1) is 0 Å². The minimum atomic E-state index is -4.10. The van der Waals surface area contributed by atoms with E-state index in [1.165, 1.54) is 12.1 Å². The van der Waals surface area contributed by atoms with Crippen LogP contribution in [0.3, 0.4) is 0 Å². The van der Waals surface area contributed by atoms with E-state index in [4.69, 9.17) is 9.88 Å². The van der Waals surface area contributed by atoms with Gasteiger partial charge in [-0.1, -0.05) is 0 Å². The van der Waals surface area contributed by atoms with Gasteiger partial charge in [-0.2, -0.15) is 0 Å². The topological polar surface area (TPSA) is 125 Å². The van der Waals surface area contributed by atoms with Crippen LogP contribution in [0.2, 0.25) is 0 Å². The van der Waals surface area contributed by atoms with Crippen molar-refractivity contribution in [3.05, 3.63) is 28.3 Å². The van der Waals surface area contributed by atoms with Crippen molar-refractivity contribution in [3.63, 3.8) is 0 Å². The summed E-state index contributed by atoms with van der Waals surface area (Å²) in [6.07, 6.45) is 0.654. The van der Waals surface area contributed by atoms with Crippen LogP contribution in [-0.2, 0) is 14.8 Å². The third-order valence-electron chi connectivity index (χ3n) is 3.89. The van der Waals surface area contributed by atoms with E-state index in [1.54, 1.807) is 0 Å². The van der Waals surface area contributed by atoms with Crippen LogP contribution >= 0.6 is 0 Å². The molecular formula is C14H21N3O5S. The zero-order chi connectivity index (χ0) is 17.6. The number of hydrogen-bond donors (Lipinski definition) is 2. The van der Waals surface area contributed by atoms with Gasteiger partial charge in [-0.05, 0) is 40.2 Å². The van der Waals surface area contributed by atoms with E-state index in [9.17, 15) is 18.5 Å². The maximum Gasteiger partial charge on any atom is 0.270 e. The Balaban J connectivity index is 2.43.